The number of alkyl halides is 3. The Labute approximate surface area is 170 Å². The summed E-state index contributed by atoms with van der Waals surface area (Å²) in [5.74, 6) is -4.84. The molecule has 1 saturated heterocycles. The number of carbonyl (C=O) groups excluding carboxylic acids is 2. The number of nitrogens with one attached hydrogen (secondary N) is 2. The zero-order valence-electron chi connectivity index (χ0n) is 16.3. The van der Waals surface area contributed by atoms with E-state index in [0.717, 1.165) is 25.9 Å². The van der Waals surface area contributed by atoms with E-state index >= 15 is 0 Å². The average Bonchev–Trinajstić information content (AvgIpc) is 2.68. The number of hydrogen-bond donors (Lipinski definition) is 3. The van der Waals surface area contributed by atoms with Gasteiger partial charge in [-0.05, 0) is 63.6 Å². The molecule has 0 bridgehead atoms. The summed E-state index contributed by atoms with van der Waals surface area (Å²) in [7, 11) is 0. The molecule has 11 heteroatoms. The second-order valence-corrected chi connectivity index (χ2v) is 6.51. The Morgan fingerprint density at radius 3 is 2.23 bits per heavy atom. The fourth-order valence-corrected chi connectivity index (χ4v) is 2.27. The number of carboxylic acids is 1. The molecule has 0 aromatic heterocycles. The van der Waals surface area contributed by atoms with E-state index < -0.39 is 29.8 Å². The highest BCUT2D eigenvalue weighted by molar-refractivity contribution is 6.03. The fourth-order valence-electron chi connectivity index (χ4n) is 2.27. The molecule has 1 aromatic carbocycles. The zero-order valence-corrected chi connectivity index (χ0v) is 16.3. The molecule has 0 atom stereocenters. The molecule has 1 aliphatic rings. The number of benzene rings is 1. The Bertz CT molecular complexity index is 798. The first kappa shape index (κ1) is 25.1. The summed E-state index contributed by atoms with van der Waals surface area (Å²) in [4.78, 5) is 32.7. The number of carbonyl (C=O) groups is 3. The number of ether oxygens (including phenoxy) is 1. The number of allylic oxidation sites excluding steroid dienone is 1. The molecule has 0 aliphatic carbocycles. The molecular weight excluding hydrogens is 412 g/mol. The number of rotatable bonds is 4. The molecule has 7 nitrogen and oxygen atoms in total. The molecule has 1 fully saturated rings. The number of amides is 1. The maximum Gasteiger partial charge on any atom is 0.490 e. The van der Waals surface area contributed by atoms with Crippen molar-refractivity contribution in [3.8, 4) is 0 Å². The van der Waals surface area contributed by atoms with Gasteiger partial charge in [-0.1, -0.05) is 6.07 Å². The number of esters is 1. The molecule has 1 amide bonds. The highest BCUT2D eigenvalue weighted by Gasteiger charge is 2.38. The summed E-state index contributed by atoms with van der Waals surface area (Å²) in [5.41, 5.74) is 0.981. The second-order valence-electron chi connectivity index (χ2n) is 6.51. The van der Waals surface area contributed by atoms with Crippen LogP contribution in [0.5, 0.6) is 0 Å². The topological polar surface area (TPSA) is 105 Å². The molecule has 0 unspecified atom stereocenters. The first-order valence-electron chi connectivity index (χ1n) is 8.88. The van der Waals surface area contributed by atoms with E-state index in [9.17, 15) is 27.2 Å². The average molecular weight is 434 g/mol. The lowest BCUT2D eigenvalue weighted by atomic mass is 10.1. The molecule has 166 valence electrons. The molecule has 0 saturated carbocycles. The first-order chi connectivity index (χ1) is 13.9. The molecular formula is C19H22F4N2O5. The predicted molar refractivity (Wildman–Crippen MR) is 99.6 cm³/mol. The summed E-state index contributed by atoms with van der Waals surface area (Å²) in [6.07, 6.45) is -3.60. The van der Waals surface area contributed by atoms with Crippen molar-refractivity contribution < 1.29 is 41.8 Å². The molecule has 2 rings (SSSR count). The summed E-state index contributed by atoms with van der Waals surface area (Å²) in [6, 6.07) is 6.31. The van der Waals surface area contributed by atoms with Gasteiger partial charge in [0.2, 0.25) is 0 Å². The van der Waals surface area contributed by atoms with Gasteiger partial charge in [0.25, 0.3) is 5.91 Å². The standard InChI is InChI=1S/C17H21FN2O3.C2HF3O2/c1-11(2)15(18)16(21)20-13-5-3-4-12(10-13)17(22)23-14-6-8-19-9-7-14;3-2(4,5)1(6)7/h3-5,10,14,19H,6-9H2,1-2H3,(H,20,21);(H,6,7). The molecule has 0 spiro atoms. The van der Waals surface area contributed by atoms with Gasteiger partial charge in [-0.2, -0.15) is 13.2 Å². The van der Waals surface area contributed by atoms with Gasteiger partial charge in [0.15, 0.2) is 5.83 Å². The van der Waals surface area contributed by atoms with Crippen molar-refractivity contribution >= 4 is 23.5 Å². The van der Waals surface area contributed by atoms with Crippen molar-refractivity contribution in [1.29, 1.82) is 0 Å². The normalized spacial score (nSPS) is 14.1. The molecule has 3 N–H and O–H groups in total. The van der Waals surface area contributed by atoms with Gasteiger partial charge in [0, 0.05) is 5.69 Å². The van der Waals surface area contributed by atoms with E-state index in [1.165, 1.54) is 19.9 Å². The minimum atomic E-state index is -5.08. The lowest BCUT2D eigenvalue weighted by molar-refractivity contribution is -0.192. The lowest BCUT2D eigenvalue weighted by Crippen LogP contribution is -2.33. The number of carboxylic acid groups (broad SMARTS) is 1. The van der Waals surface area contributed by atoms with E-state index in [1.807, 2.05) is 0 Å². The third kappa shape index (κ3) is 8.60. The van der Waals surface area contributed by atoms with Crippen molar-refractivity contribution in [2.24, 2.45) is 0 Å². The minimum absolute atomic E-state index is 0.0925. The van der Waals surface area contributed by atoms with Crippen LogP contribution in [-0.2, 0) is 14.3 Å². The Kier molecular flexibility index (Phi) is 9.44. The number of anilines is 1. The van der Waals surface area contributed by atoms with Crippen LogP contribution in [0.15, 0.2) is 35.7 Å². The van der Waals surface area contributed by atoms with Gasteiger partial charge >= 0.3 is 18.1 Å². The van der Waals surface area contributed by atoms with E-state index in [0.29, 0.717) is 16.8 Å². The predicted octanol–water partition coefficient (Wildman–Crippen LogP) is 3.43. The van der Waals surface area contributed by atoms with Gasteiger partial charge in [-0.3, -0.25) is 4.79 Å². The van der Waals surface area contributed by atoms with Crippen molar-refractivity contribution in [3.63, 3.8) is 0 Å². The largest absolute Gasteiger partial charge is 0.490 e. The minimum Gasteiger partial charge on any atom is -0.475 e. The van der Waals surface area contributed by atoms with Gasteiger partial charge < -0.3 is 20.5 Å². The van der Waals surface area contributed by atoms with Crippen molar-refractivity contribution in [2.75, 3.05) is 18.4 Å². The summed E-state index contributed by atoms with van der Waals surface area (Å²) < 4.78 is 50.7. The van der Waals surface area contributed by atoms with E-state index in [4.69, 9.17) is 14.6 Å². The summed E-state index contributed by atoms with van der Waals surface area (Å²) in [6.45, 7) is 4.69. The van der Waals surface area contributed by atoms with Gasteiger partial charge in [0.05, 0.1) is 5.56 Å². The molecule has 0 radical (unpaired) electrons. The highest BCUT2D eigenvalue weighted by atomic mass is 19.4. The Hall–Kier alpha value is -2.95. The summed E-state index contributed by atoms with van der Waals surface area (Å²) >= 11 is 0. The molecule has 30 heavy (non-hydrogen) atoms. The number of hydrogen-bond acceptors (Lipinski definition) is 5. The zero-order chi connectivity index (χ0) is 22.9. The fraction of sp³-hybridized carbons (Fsp3) is 0.421. The van der Waals surface area contributed by atoms with E-state index in [2.05, 4.69) is 10.6 Å². The monoisotopic (exact) mass is 434 g/mol. The van der Waals surface area contributed by atoms with Crippen LogP contribution in [0.2, 0.25) is 0 Å². The van der Waals surface area contributed by atoms with Gasteiger partial charge in [-0.15, -0.1) is 0 Å². The quantitative estimate of drug-likeness (QED) is 0.381. The Morgan fingerprint density at radius 1 is 1.17 bits per heavy atom. The number of piperidine rings is 1. The smallest absolute Gasteiger partial charge is 0.475 e. The lowest BCUT2D eigenvalue weighted by Gasteiger charge is -2.22. The van der Waals surface area contributed by atoms with Crippen LogP contribution in [0.4, 0.5) is 23.2 Å². The van der Waals surface area contributed by atoms with E-state index in [-0.39, 0.29) is 6.10 Å². The third-order valence-corrected chi connectivity index (χ3v) is 3.80. The van der Waals surface area contributed by atoms with Crippen molar-refractivity contribution in [3.05, 3.63) is 41.2 Å². The van der Waals surface area contributed by atoms with Gasteiger partial charge in [0.1, 0.15) is 6.10 Å². The van der Waals surface area contributed by atoms with Crippen LogP contribution in [0.25, 0.3) is 0 Å². The van der Waals surface area contributed by atoms with Crippen LogP contribution in [0, 0.1) is 0 Å². The maximum atomic E-state index is 13.5. The SMILES string of the molecule is CC(C)=C(F)C(=O)Nc1cccc(C(=O)OC2CCNCC2)c1.O=C(O)C(F)(F)F. The number of halogens is 4. The third-order valence-electron chi connectivity index (χ3n) is 3.80. The summed E-state index contributed by atoms with van der Waals surface area (Å²) in [5, 5.41) is 12.8. The van der Waals surface area contributed by atoms with Crippen LogP contribution in [-0.4, -0.2) is 48.3 Å². The maximum absolute atomic E-state index is 13.5. The Morgan fingerprint density at radius 2 is 1.73 bits per heavy atom. The van der Waals surface area contributed by atoms with Gasteiger partial charge in [-0.25, -0.2) is 14.0 Å². The van der Waals surface area contributed by atoms with Crippen LogP contribution in [0.3, 0.4) is 0 Å². The number of aliphatic carboxylic acids is 1. The van der Waals surface area contributed by atoms with Crippen LogP contribution < -0.4 is 10.6 Å². The Balaban J connectivity index is 0.000000553. The van der Waals surface area contributed by atoms with Crippen LogP contribution in [0.1, 0.15) is 37.0 Å². The first-order valence-corrected chi connectivity index (χ1v) is 8.88. The van der Waals surface area contributed by atoms with Crippen molar-refractivity contribution in [1.82, 2.24) is 5.32 Å². The van der Waals surface area contributed by atoms with Crippen molar-refractivity contribution in [2.45, 2.75) is 39.0 Å². The van der Waals surface area contributed by atoms with Crippen LogP contribution >= 0.6 is 0 Å². The molecule has 1 aromatic rings. The van der Waals surface area contributed by atoms with E-state index in [1.54, 1.807) is 18.2 Å². The second kappa shape index (κ2) is 11.3. The molecule has 1 heterocycles. The molecule has 1 aliphatic heterocycles. The highest BCUT2D eigenvalue weighted by Crippen LogP contribution is 2.17.